The first-order valence-corrected chi connectivity index (χ1v) is 5.96. The van der Waals surface area contributed by atoms with Crippen LogP contribution in [0.25, 0.3) is 11.4 Å². The van der Waals surface area contributed by atoms with E-state index in [-0.39, 0.29) is 5.82 Å². The molecule has 0 radical (unpaired) electrons. The van der Waals surface area contributed by atoms with E-state index < -0.39 is 0 Å². The second kappa shape index (κ2) is 5.12. The van der Waals surface area contributed by atoms with E-state index in [1.165, 1.54) is 6.07 Å². The van der Waals surface area contributed by atoms with Crippen LogP contribution in [-0.4, -0.2) is 17.0 Å². The standard InChI is InChI=1S/C14H16FN3/c1-4-11-8-13(16-3)18-14(17-11)10-6-5-9(2)12(15)7-10/h5-8H,4H2,1-3H3,(H,16,17,18). The molecule has 1 aromatic heterocycles. The predicted octanol–water partition coefficient (Wildman–Crippen LogP) is 3.20. The number of anilines is 1. The van der Waals surface area contributed by atoms with Crippen molar-refractivity contribution in [3.05, 3.63) is 41.3 Å². The second-order valence-electron chi connectivity index (χ2n) is 4.14. The van der Waals surface area contributed by atoms with Crippen LogP contribution in [-0.2, 0) is 6.42 Å². The van der Waals surface area contributed by atoms with Gasteiger partial charge in [-0.15, -0.1) is 0 Å². The van der Waals surface area contributed by atoms with Gasteiger partial charge in [0.15, 0.2) is 5.82 Å². The maximum Gasteiger partial charge on any atom is 0.161 e. The summed E-state index contributed by atoms with van der Waals surface area (Å²) in [6.45, 7) is 3.77. The lowest BCUT2D eigenvalue weighted by atomic mass is 10.1. The van der Waals surface area contributed by atoms with Crippen LogP contribution in [0.5, 0.6) is 0 Å². The normalized spacial score (nSPS) is 10.4. The molecule has 0 unspecified atom stereocenters. The van der Waals surface area contributed by atoms with E-state index in [1.807, 2.05) is 19.1 Å². The van der Waals surface area contributed by atoms with Crippen LogP contribution in [0.4, 0.5) is 10.2 Å². The Morgan fingerprint density at radius 1 is 1.22 bits per heavy atom. The minimum atomic E-state index is -0.232. The molecule has 0 aliphatic rings. The smallest absolute Gasteiger partial charge is 0.161 e. The number of rotatable bonds is 3. The number of aryl methyl sites for hydroxylation is 2. The predicted molar refractivity (Wildman–Crippen MR) is 71.1 cm³/mol. The highest BCUT2D eigenvalue weighted by molar-refractivity contribution is 5.58. The van der Waals surface area contributed by atoms with E-state index in [1.54, 1.807) is 20.0 Å². The van der Waals surface area contributed by atoms with Crippen molar-refractivity contribution in [3.8, 4) is 11.4 Å². The van der Waals surface area contributed by atoms with Crippen LogP contribution >= 0.6 is 0 Å². The van der Waals surface area contributed by atoms with Gasteiger partial charge in [0.25, 0.3) is 0 Å². The molecule has 0 atom stereocenters. The Kier molecular flexibility index (Phi) is 3.55. The molecule has 18 heavy (non-hydrogen) atoms. The van der Waals surface area contributed by atoms with Gasteiger partial charge in [0, 0.05) is 24.4 Å². The topological polar surface area (TPSA) is 37.8 Å². The Morgan fingerprint density at radius 3 is 2.61 bits per heavy atom. The van der Waals surface area contributed by atoms with Gasteiger partial charge in [-0.3, -0.25) is 0 Å². The Labute approximate surface area is 106 Å². The van der Waals surface area contributed by atoms with Crippen LogP contribution in [0.15, 0.2) is 24.3 Å². The first-order chi connectivity index (χ1) is 8.63. The van der Waals surface area contributed by atoms with Crippen molar-refractivity contribution in [1.29, 1.82) is 0 Å². The summed E-state index contributed by atoms with van der Waals surface area (Å²) >= 11 is 0. The summed E-state index contributed by atoms with van der Waals surface area (Å²) in [5.74, 6) is 1.07. The molecular formula is C14H16FN3. The second-order valence-corrected chi connectivity index (χ2v) is 4.14. The van der Waals surface area contributed by atoms with Crippen LogP contribution in [0, 0.1) is 12.7 Å². The van der Waals surface area contributed by atoms with Crippen molar-refractivity contribution in [3.63, 3.8) is 0 Å². The molecule has 0 saturated heterocycles. The Bertz CT molecular complexity index is 545. The third kappa shape index (κ3) is 2.47. The lowest BCUT2D eigenvalue weighted by Gasteiger charge is -2.07. The number of halogens is 1. The number of aromatic nitrogens is 2. The summed E-state index contributed by atoms with van der Waals surface area (Å²) in [7, 11) is 1.81. The molecule has 0 spiro atoms. The van der Waals surface area contributed by atoms with Gasteiger partial charge in [0.2, 0.25) is 0 Å². The highest BCUT2D eigenvalue weighted by Gasteiger charge is 2.07. The van der Waals surface area contributed by atoms with Gasteiger partial charge in [0.05, 0.1) is 0 Å². The monoisotopic (exact) mass is 245 g/mol. The molecule has 0 bridgehead atoms. The number of nitrogens with one attached hydrogen (secondary N) is 1. The number of hydrogen-bond acceptors (Lipinski definition) is 3. The minimum Gasteiger partial charge on any atom is -0.373 e. The van der Waals surface area contributed by atoms with E-state index in [9.17, 15) is 4.39 Å². The van der Waals surface area contributed by atoms with Crippen molar-refractivity contribution in [2.75, 3.05) is 12.4 Å². The highest BCUT2D eigenvalue weighted by Crippen LogP contribution is 2.20. The number of hydrogen-bond donors (Lipinski definition) is 1. The van der Waals surface area contributed by atoms with E-state index >= 15 is 0 Å². The highest BCUT2D eigenvalue weighted by atomic mass is 19.1. The fourth-order valence-corrected chi connectivity index (χ4v) is 1.67. The fraction of sp³-hybridized carbons (Fsp3) is 0.286. The van der Waals surface area contributed by atoms with E-state index in [0.29, 0.717) is 17.0 Å². The summed E-state index contributed by atoms with van der Waals surface area (Å²) in [6, 6.07) is 6.95. The lowest BCUT2D eigenvalue weighted by molar-refractivity contribution is 0.619. The lowest BCUT2D eigenvalue weighted by Crippen LogP contribution is -2.00. The first-order valence-electron chi connectivity index (χ1n) is 5.96. The summed E-state index contributed by atoms with van der Waals surface area (Å²) in [6.07, 6.45) is 0.818. The van der Waals surface area contributed by atoms with Gasteiger partial charge >= 0.3 is 0 Å². The SMILES string of the molecule is CCc1cc(NC)nc(-c2ccc(C)c(F)c2)n1. The average Bonchev–Trinajstić information content (AvgIpc) is 2.41. The summed E-state index contributed by atoms with van der Waals surface area (Å²) in [5.41, 5.74) is 2.26. The molecule has 3 nitrogen and oxygen atoms in total. The van der Waals surface area contributed by atoms with Crippen molar-refractivity contribution >= 4 is 5.82 Å². The van der Waals surface area contributed by atoms with Gasteiger partial charge in [-0.2, -0.15) is 0 Å². The van der Waals surface area contributed by atoms with E-state index in [4.69, 9.17) is 0 Å². The molecular weight excluding hydrogens is 229 g/mol. The molecule has 0 amide bonds. The molecule has 1 aromatic carbocycles. The van der Waals surface area contributed by atoms with Crippen LogP contribution in [0.3, 0.4) is 0 Å². The van der Waals surface area contributed by atoms with Gasteiger partial charge in [0.1, 0.15) is 11.6 Å². The fourth-order valence-electron chi connectivity index (χ4n) is 1.67. The maximum absolute atomic E-state index is 13.6. The third-order valence-corrected chi connectivity index (χ3v) is 2.83. The first kappa shape index (κ1) is 12.5. The molecule has 2 aromatic rings. The molecule has 0 saturated carbocycles. The zero-order valence-electron chi connectivity index (χ0n) is 10.8. The van der Waals surface area contributed by atoms with Crippen molar-refractivity contribution in [2.45, 2.75) is 20.3 Å². The van der Waals surface area contributed by atoms with Crippen LogP contribution in [0.1, 0.15) is 18.2 Å². The van der Waals surface area contributed by atoms with E-state index in [2.05, 4.69) is 15.3 Å². The third-order valence-electron chi connectivity index (χ3n) is 2.83. The Balaban J connectivity index is 2.51. The molecule has 1 N–H and O–H groups in total. The van der Waals surface area contributed by atoms with Gasteiger partial charge in [-0.1, -0.05) is 19.1 Å². The molecule has 2 rings (SSSR count). The number of nitrogens with zero attached hydrogens (tertiary/aromatic N) is 2. The Morgan fingerprint density at radius 2 is 2.00 bits per heavy atom. The van der Waals surface area contributed by atoms with Gasteiger partial charge < -0.3 is 5.32 Å². The molecule has 94 valence electrons. The molecule has 0 aliphatic heterocycles. The minimum absolute atomic E-state index is 0.232. The maximum atomic E-state index is 13.6. The van der Waals surface area contributed by atoms with Crippen molar-refractivity contribution in [1.82, 2.24) is 9.97 Å². The zero-order chi connectivity index (χ0) is 13.1. The molecule has 0 aliphatic carbocycles. The summed E-state index contributed by atoms with van der Waals surface area (Å²) in [4.78, 5) is 8.78. The molecule has 4 heteroatoms. The van der Waals surface area contributed by atoms with Gasteiger partial charge in [-0.05, 0) is 25.0 Å². The number of benzene rings is 1. The summed E-state index contributed by atoms with van der Waals surface area (Å²) in [5, 5.41) is 2.99. The van der Waals surface area contributed by atoms with Crippen molar-refractivity contribution < 1.29 is 4.39 Å². The molecule has 0 fully saturated rings. The average molecular weight is 245 g/mol. The zero-order valence-corrected chi connectivity index (χ0v) is 10.8. The summed E-state index contributed by atoms with van der Waals surface area (Å²) < 4.78 is 13.6. The van der Waals surface area contributed by atoms with Gasteiger partial charge in [-0.25, -0.2) is 14.4 Å². The molecule has 1 heterocycles. The van der Waals surface area contributed by atoms with Crippen LogP contribution in [0.2, 0.25) is 0 Å². The largest absolute Gasteiger partial charge is 0.373 e. The van der Waals surface area contributed by atoms with E-state index in [0.717, 1.165) is 17.9 Å². The quantitative estimate of drug-likeness (QED) is 0.902. The van der Waals surface area contributed by atoms with Crippen molar-refractivity contribution in [2.24, 2.45) is 0 Å². The Hall–Kier alpha value is -1.97. The van der Waals surface area contributed by atoms with Crippen LogP contribution < -0.4 is 5.32 Å².